The molecule has 9 nitrogen and oxygen atoms in total. The third-order valence-corrected chi connectivity index (χ3v) is 4.93. The number of fused-ring (bicyclic) bond motifs is 1. The average molecular weight is 384 g/mol. The van der Waals surface area contributed by atoms with Crippen LogP contribution in [0.5, 0.6) is 0 Å². The molecule has 3 aromatic rings. The van der Waals surface area contributed by atoms with Crippen LogP contribution in [0.2, 0.25) is 0 Å². The second kappa shape index (κ2) is 8.07. The summed E-state index contributed by atoms with van der Waals surface area (Å²) >= 11 is 0. The van der Waals surface area contributed by atoms with Crippen LogP contribution in [0.15, 0.2) is 31.0 Å². The van der Waals surface area contributed by atoms with Gasteiger partial charge in [-0.05, 0) is 38.7 Å². The van der Waals surface area contributed by atoms with Crippen LogP contribution in [0, 0.1) is 0 Å². The second-order valence-corrected chi connectivity index (χ2v) is 7.21. The summed E-state index contributed by atoms with van der Waals surface area (Å²) in [6.45, 7) is 2.07. The number of aliphatic hydroxyl groups excluding tert-OH is 1. The zero-order chi connectivity index (χ0) is 19.5. The van der Waals surface area contributed by atoms with Crippen LogP contribution >= 0.6 is 0 Å². The van der Waals surface area contributed by atoms with Gasteiger partial charge in [0.1, 0.15) is 6.33 Å². The quantitative estimate of drug-likeness (QED) is 0.594. The number of aromatic amines is 1. The fourth-order valence-corrected chi connectivity index (χ4v) is 3.49. The first-order chi connectivity index (χ1) is 13.6. The SMILES string of the molecule is C[C@@H](O)COC1CCC(NC(=O)c2nc(-n3ccnc3)nc3cc[nH]c23)CC1. The van der Waals surface area contributed by atoms with E-state index in [1.54, 1.807) is 36.4 Å². The summed E-state index contributed by atoms with van der Waals surface area (Å²) < 4.78 is 7.36. The Kier molecular flexibility index (Phi) is 5.36. The molecule has 0 radical (unpaired) electrons. The normalized spacial score (nSPS) is 20.9. The van der Waals surface area contributed by atoms with Crippen LogP contribution in [0.4, 0.5) is 0 Å². The molecule has 1 amide bonds. The van der Waals surface area contributed by atoms with Gasteiger partial charge in [-0.25, -0.2) is 15.0 Å². The van der Waals surface area contributed by atoms with Crippen molar-refractivity contribution in [2.75, 3.05) is 6.61 Å². The zero-order valence-electron chi connectivity index (χ0n) is 15.7. The van der Waals surface area contributed by atoms with Crippen LogP contribution in [-0.2, 0) is 4.74 Å². The van der Waals surface area contributed by atoms with Gasteiger partial charge in [0.15, 0.2) is 5.69 Å². The molecule has 3 aromatic heterocycles. The van der Waals surface area contributed by atoms with E-state index in [0.717, 1.165) is 25.7 Å². The van der Waals surface area contributed by atoms with Crippen molar-refractivity contribution in [2.24, 2.45) is 0 Å². The van der Waals surface area contributed by atoms with Crippen LogP contribution in [-0.4, -0.2) is 60.4 Å². The minimum atomic E-state index is -0.455. The first kappa shape index (κ1) is 18.6. The van der Waals surface area contributed by atoms with Crippen molar-refractivity contribution in [1.29, 1.82) is 0 Å². The minimum Gasteiger partial charge on any atom is -0.391 e. The average Bonchev–Trinajstić information content (AvgIpc) is 3.38. The maximum atomic E-state index is 12.9. The Labute approximate surface area is 162 Å². The van der Waals surface area contributed by atoms with E-state index in [0.29, 0.717) is 29.3 Å². The highest BCUT2D eigenvalue weighted by Gasteiger charge is 2.25. The van der Waals surface area contributed by atoms with Gasteiger partial charge in [-0.3, -0.25) is 9.36 Å². The molecule has 0 aliphatic heterocycles. The molecule has 1 atom stereocenters. The molecule has 3 heterocycles. The van der Waals surface area contributed by atoms with Crippen LogP contribution in [0.3, 0.4) is 0 Å². The lowest BCUT2D eigenvalue weighted by Gasteiger charge is -2.29. The van der Waals surface area contributed by atoms with Gasteiger partial charge >= 0.3 is 0 Å². The molecule has 0 spiro atoms. The van der Waals surface area contributed by atoms with E-state index in [4.69, 9.17) is 4.74 Å². The van der Waals surface area contributed by atoms with Crippen LogP contribution in [0.1, 0.15) is 43.1 Å². The molecule has 0 saturated heterocycles. The van der Waals surface area contributed by atoms with Gasteiger partial charge in [0.2, 0.25) is 5.95 Å². The Morgan fingerprint density at radius 2 is 2.21 bits per heavy atom. The van der Waals surface area contributed by atoms with E-state index in [-0.39, 0.29) is 18.1 Å². The summed E-state index contributed by atoms with van der Waals surface area (Å²) in [5.74, 6) is 0.189. The number of H-pyrrole nitrogens is 1. The van der Waals surface area contributed by atoms with Crippen molar-refractivity contribution >= 4 is 16.9 Å². The van der Waals surface area contributed by atoms with Gasteiger partial charge in [-0.1, -0.05) is 0 Å². The monoisotopic (exact) mass is 384 g/mol. The smallest absolute Gasteiger partial charge is 0.272 e. The summed E-state index contributed by atoms with van der Waals surface area (Å²) in [5.41, 5.74) is 1.63. The molecule has 4 rings (SSSR count). The number of aromatic nitrogens is 5. The lowest BCUT2D eigenvalue weighted by atomic mass is 9.93. The van der Waals surface area contributed by atoms with Crippen molar-refractivity contribution in [3.63, 3.8) is 0 Å². The van der Waals surface area contributed by atoms with Gasteiger partial charge in [-0.15, -0.1) is 0 Å². The highest BCUT2D eigenvalue weighted by atomic mass is 16.5. The number of carbonyl (C=O) groups excluding carboxylic acids is 1. The van der Waals surface area contributed by atoms with E-state index in [1.807, 2.05) is 6.07 Å². The molecule has 1 aliphatic carbocycles. The number of nitrogens with zero attached hydrogens (tertiary/aromatic N) is 4. The molecule has 3 N–H and O–H groups in total. The van der Waals surface area contributed by atoms with Crippen molar-refractivity contribution in [1.82, 2.24) is 29.8 Å². The molecule has 0 bridgehead atoms. The summed E-state index contributed by atoms with van der Waals surface area (Å²) in [7, 11) is 0. The molecular formula is C19H24N6O3. The highest BCUT2D eigenvalue weighted by molar-refractivity contribution is 6.03. The Balaban J connectivity index is 1.45. The zero-order valence-corrected chi connectivity index (χ0v) is 15.7. The third-order valence-electron chi connectivity index (χ3n) is 4.93. The standard InChI is InChI=1S/C19H24N6O3/c1-12(26)10-28-14-4-2-13(3-5-14)22-18(27)17-16-15(6-7-21-16)23-19(24-17)25-9-8-20-11-25/h6-9,11-14,21,26H,2-5,10H2,1H3,(H,22,27)/t12-,13?,14?/m1/s1. The number of nitrogens with one attached hydrogen (secondary N) is 2. The summed E-state index contributed by atoms with van der Waals surface area (Å²) in [5, 5.41) is 12.4. The van der Waals surface area contributed by atoms with E-state index >= 15 is 0 Å². The molecule has 1 aliphatic rings. The number of amides is 1. The number of imidazole rings is 1. The van der Waals surface area contributed by atoms with Gasteiger partial charge in [0.05, 0.1) is 29.8 Å². The number of ether oxygens (including phenoxy) is 1. The fraction of sp³-hybridized carbons (Fsp3) is 0.474. The van der Waals surface area contributed by atoms with E-state index in [2.05, 4.69) is 25.3 Å². The molecule has 9 heteroatoms. The summed E-state index contributed by atoms with van der Waals surface area (Å²) in [6.07, 6.45) is 9.81. The topological polar surface area (TPSA) is 118 Å². The number of hydrogen-bond acceptors (Lipinski definition) is 6. The van der Waals surface area contributed by atoms with E-state index < -0.39 is 6.10 Å². The number of carbonyl (C=O) groups is 1. The Hall–Kier alpha value is -2.78. The Morgan fingerprint density at radius 1 is 1.39 bits per heavy atom. The maximum absolute atomic E-state index is 12.9. The Morgan fingerprint density at radius 3 is 2.93 bits per heavy atom. The molecule has 28 heavy (non-hydrogen) atoms. The van der Waals surface area contributed by atoms with Gasteiger partial charge in [-0.2, -0.15) is 0 Å². The van der Waals surface area contributed by atoms with Crippen molar-refractivity contribution < 1.29 is 14.6 Å². The van der Waals surface area contributed by atoms with E-state index in [9.17, 15) is 9.90 Å². The minimum absolute atomic E-state index is 0.0792. The molecular weight excluding hydrogens is 360 g/mol. The van der Waals surface area contributed by atoms with Crippen LogP contribution < -0.4 is 5.32 Å². The summed E-state index contributed by atoms with van der Waals surface area (Å²) in [4.78, 5) is 28.9. The molecule has 1 fully saturated rings. The molecule has 148 valence electrons. The Bertz CT molecular complexity index is 928. The maximum Gasteiger partial charge on any atom is 0.272 e. The third kappa shape index (κ3) is 4.05. The van der Waals surface area contributed by atoms with Gasteiger partial charge < -0.3 is 20.1 Å². The fourth-order valence-electron chi connectivity index (χ4n) is 3.49. The summed E-state index contributed by atoms with van der Waals surface area (Å²) in [6, 6.07) is 1.90. The van der Waals surface area contributed by atoms with Crippen molar-refractivity contribution in [3.05, 3.63) is 36.7 Å². The first-order valence-corrected chi connectivity index (χ1v) is 9.54. The van der Waals surface area contributed by atoms with Gasteiger partial charge in [0.25, 0.3) is 5.91 Å². The number of hydrogen-bond donors (Lipinski definition) is 3. The van der Waals surface area contributed by atoms with Crippen LogP contribution in [0.25, 0.3) is 17.0 Å². The number of rotatable bonds is 6. The predicted molar refractivity (Wildman–Crippen MR) is 102 cm³/mol. The van der Waals surface area contributed by atoms with E-state index in [1.165, 1.54) is 0 Å². The largest absolute Gasteiger partial charge is 0.391 e. The number of aliphatic hydroxyl groups is 1. The molecule has 0 aromatic carbocycles. The van der Waals surface area contributed by atoms with Gasteiger partial charge in [0, 0.05) is 24.6 Å². The molecule has 1 saturated carbocycles. The predicted octanol–water partition coefficient (Wildman–Crippen LogP) is 1.58. The van der Waals surface area contributed by atoms with Crippen molar-refractivity contribution in [3.8, 4) is 5.95 Å². The lowest BCUT2D eigenvalue weighted by Crippen LogP contribution is -2.40. The highest BCUT2D eigenvalue weighted by Crippen LogP contribution is 2.22. The molecule has 0 unspecified atom stereocenters. The van der Waals surface area contributed by atoms with Crippen molar-refractivity contribution in [2.45, 2.75) is 50.9 Å². The second-order valence-electron chi connectivity index (χ2n) is 7.21. The first-order valence-electron chi connectivity index (χ1n) is 9.54. The lowest BCUT2D eigenvalue weighted by molar-refractivity contribution is -0.0210.